The van der Waals surface area contributed by atoms with Crippen LogP contribution in [-0.2, 0) is 16.1 Å². The Morgan fingerprint density at radius 1 is 1.39 bits per heavy atom. The first-order valence-corrected chi connectivity index (χ1v) is 5.89. The van der Waals surface area contributed by atoms with Gasteiger partial charge in [0.25, 0.3) is 0 Å². The second kappa shape index (κ2) is 7.37. The van der Waals surface area contributed by atoms with Gasteiger partial charge in [0.2, 0.25) is 0 Å². The molecule has 0 saturated carbocycles. The SMILES string of the molecule is CCOC(=O)/C(C)=C/C(C)=NCc1ccncc1. The van der Waals surface area contributed by atoms with Crippen LogP contribution >= 0.6 is 0 Å². The van der Waals surface area contributed by atoms with Crippen LogP contribution in [0.25, 0.3) is 0 Å². The third kappa shape index (κ3) is 4.91. The maximum Gasteiger partial charge on any atom is 0.333 e. The van der Waals surface area contributed by atoms with E-state index in [2.05, 4.69) is 9.98 Å². The van der Waals surface area contributed by atoms with Crippen molar-refractivity contribution in [2.24, 2.45) is 4.99 Å². The number of allylic oxidation sites excluding steroid dienone is 1. The zero-order valence-electron chi connectivity index (χ0n) is 11.0. The van der Waals surface area contributed by atoms with E-state index >= 15 is 0 Å². The van der Waals surface area contributed by atoms with E-state index in [1.807, 2.05) is 19.1 Å². The number of rotatable bonds is 5. The minimum absolute atomic E-state index is 0.295. The van der Waals surface area contributed by atoms with Gasteiger partial charge in [0.15, 0.2) is 0 Å². The van der Waals surface area contributed by atoms with Crippen molar-refractivity contribution < 1.29 is 9.53 Å². The highest BCUT2D eigenvalue weighted by Crippen LogP contribution is 2.01. The summed E-state index contributed by atoms with van der Waals surface area (Å²) >= 11 is 0. The number of aliphatic imine (C=N–C) groups is 1. The van der Waals surface area contributed by atoms with E-state index in [4.69, 9.17) is 4.74 Å². The van der Waals surface area contributed by atoms with Crippen LogP contribution < -0.4 is 0 Å². The number of hydrogen-bond acceptors (Lipinski definition) is 4. The summed E-state index contributed by atoms with van der Waals surface area (Å²) in [6.45, 7) is 6.35. The number of carbonyl (C=O) groups is 1. The van der Waals surface area contributed by atoms with Crippen LogP contribution in [0.5, 0.6) is 0 Å². The van der Waals surface area contributed by atoms with Crippen LogP contribution in [0.1, 0.15) is 26.3 Å². The highest BCUT2D eigenvalue weighted by Gasteiger charge is 2.04. The van der Waals surface area contributed by atoms with Gasteiger partial charge in [0.05, 0.1) is 13.2 Å². The minimum Gasteiger partial charge on any atom is -0.463 e. The fourth-order valence-corrected chi connectivity index (χ4v) is 1.37. The van der Waals surface area contributed by atoms with Gasteiger partial charge >= 0.3 is 5.97 Å². The molecule has 0 aliphatic carbocycles. The molecule has 0 aliphatic rings. The predicted octanol–water partition coefficient (Wildman–Crippen LogP) is 2.55. The van der Waals surface area contributed by atoms with Gasteiger partial charge in [-0.2, -0.15) is 0 Å². The summed E-state index contributed by atoms with van der Waals surface area (Å²) in [6, 6.07) is 3.83. The highest BCUT2D eigenvalue weighted by atomic mass is 16.5. The van der Waals surface area contributed by atoms with Crippen molar-refractivity contribution in [2.75, 3.05) is 6.61 Å². The second-order valence-electron chi connectivity index (χ2n) is 3.86. The predicted molar refractivity (Wildman–Crippen MR) is 71.4 cm³/mol. The molecular formula is C14H18N2O2. The summed E-state index contributed by atoms with van der Waals surface area (Å²) in [7, 11) is 0. The van der Waals surface area contributed by atoms with E-state index in [1.54, 1.807) is 32.3 Å². The fourth-order valence-electron chi connectivity index (χ4n) is 1.37. The molecule has 0 bridgehead atoms. The number of carbonyl (C=O) groups excluding carboxylic acids is 1. The van der Waals surface area contributed by atoms with Crippen LogP contribution in [0.2, 0.25) is 0 Å². The van der Waals surface area contributed by atoms with E-state index in [1.165, 1.54) is 0 Å². The number of nitrogens with zero attached hydrogens (tertiary/aromatic N) is 2. The van der Waals surface area contributed by atoms with Crippen molar-refractivity contribution >= 4 is 11.7 Å². The topological polar surface area (TPSA) is 51.5 Å². The summed E-state index contributed by atoms with van der Waals surface area (Å²) in [5.74, 6) is -0.295. The average Bonchev–Trinajstić information content (AvgIpc) is 2.38. The van der Waals surface area contributed by atoms with Crippen molar-refractivity contribution in [3.8, 4) is 0 Å². The average molecular weight is 246 g/mol. The lowest BCUT2D eigenvalue weighted by atomic mass is 10.2. The van der Waals surface area contributed by atoms with Crippen LogP contribution in [0.15, 0.2) is 41.2 Å². The van der Waals surface area contributed by atoms with Gasteiger partial charge < -0.3 is 4.74 Å². The molecule has 1 aromatic rings. The highest BCUT2D eigenvalue weighted by molar-refractivity contribution is 6.00. The molecule has 0 fully saturated rings. The quantitative estimate of drug-likeness (QED) is 0.456. The Labute approximate surface area is 107 Å². The first-order chi connectivity index (χ1) is 8.63. The van der Waals surface area contributed by atoms with Crippen molar-refractivity contribution in [3.05, 3.63) is 41.7 Å². The van der Waals surface area contributed by atoms with Crippen LogP contribution in [-0.4, -0.2) is 23.3 Å². The summed E-state index contributed by atoms with van der Waals surface area (Å²) in [4.78, 5) is 19.7. The van der Waals surface area contributed by atoms with E-state index in [0.29, 0.717) is 18.7 Å². The Hall–Kier alpha value is -1.97. The molecular weight excluding hydrogens is 228 g/mol. The standard InChI is InChI=1S/C14H18N2O2/c1-4-18-14(17)11(2)9-12(3)16-10-13-5-7-15-8-6-13/h5-9H,4,10H2,1-3H3/b11-9+,16-12?. The first-order valence-electron chi connectivity index (χ1n) is 5.89. The van der Waals surface area contributed by atoms with Gasteiger partial charge in [-0.1, -0.05) is 0 Å². The molecule has 1 aromatic heterocycles. The Morgan fingerprint density at radius 3 is 2.67 bits per heavy atom. The monoisotopic (exact) mass is 246 g/mol. The molecule has 0 aromatic carbocycles. The molecule has 1 rings (SSSR count). The maximum atomic E-state index is 11.4. The van der Waals surface area contributed by atoms with Gasteiger partial charge in [-0.15, -0.1) is 0 Å². The van der Waals surface area contributed by atoms with Crippen molar-refractivity contribution in [1.82, 2.24) is 4.98 Å². The second-order valence-corrected chi connectivity index (χ2v) is 3.86. The van der Waals surface area contributed by atoms with E-state index in [9.17, 15) is 4.79 Å². The Balaban J connectivity index is 2.61. The molecule has 1 heterocycles. The van der Waals surface area contributed by atoms with Gasteiger partial charge in [-0.3, -0.25) is 9.98 Å². The van der Waals surface area contributed by atoms with Gasteiger partial charge in [0, 0.05) is 23.7 Å². The molecule has 0 aliphatic heterocycles. The molecule has 0 radical (unpaired) electrons. The maximum absolute atomic E-state index is 11.4. The number of pyridine rings is 1. The molecule has 4 heteroatoms. The summed E-state index contributed by atoms with van der Waals surface area (Å²) < 4.78 is 4.90. The lowest BCUT2D eigenvalue weighted by Gasteiger charge is -2.01. The van der Waals surface area contributed by atoms with Crippen molar-refractivity contribution in [3.63, 3.8) is 0 Å². The number of hydrogen-bond donors (Lipinski definition) is 0. The molecule has 0 atom stereocenters. The molecule has 0 spiro atoms. The van der Waals surface area contributed by atoms with E-state index in [-0.39, 0.29) is 5.97 Å². The molecule has 0 saturated heterocycles. The lowest BCUT2D eigenvalue weighted by Crippen LogP contribution is -2.06. The zero-order valence-corrected chi connectivity index (χ0v) is 11.0. The largest absolute Gasteiger partial charge is 0.463 e. The summed E-state index contributed by atoms with van der Waals surface area (Å²) in [6.07, 6.45) is 5.21. The van der Waals surface area contributed by atoms with Crippen molar-refractivity contribution in [2.45, 2.75) is 27.3 Å². The summed E-state index contributed by atoms with van der Waals surface area (Å²) in [5.41, 5.74) is 2.46. The number of ether oxygens (including phenoxy) is 1. The van der Waals surface area contributed by atoms with Gasteiger partial charge in [-0.05, 0) is 44.5 Å². The Bertz CT molecular complexity index is 450. The third-order valence-corrected chi connectivity index (χ3v) is 2.28. The van der Waals surface area contributed by atoms with Crippen molar-refractivity contribution in [1.29, 1.82) is 0 Å². The normalized spacial score (nSPS) is 12.4. The first kappa shape index (κ1) is 14.1. The van der Waals surface area contributed by atoms with Crippen LogP contribution in [0.4, 0.5) is 0 Å². The van der Waals surface area contributed by atoms with E-state index in [0.717, 1.165) is 11.3 Å². The number of esters is 1. The van der Waals surface area contributed by atoms with E-state index < -0.39 is 0 Å². The molecule has 0 unspecified atom stereocenters. The Morgan fingerprint density at radius 2 is 2.06 bits per heavy atom. The minimum atomic E-state index is -0.295. The zero-order chi connectivity index (χ0) is 13.4. The number of aromatic nitrogens is 1. The molecule has 4 nitrogen and oxygen atoms in total. The third-order valence-electron chi connectivity index (χ3n) is 2.28. The van der Waals surface area contributed by atoms with Crippen LogP contribution in [0, 0.1) is 0 Å². The van der Waals surface area contributed by atoms with Gasteiger partial charge in [0.1, 0.15) is 0 Å². The Kier molecular flexibility index (Phi) is 5.77. The molecule has 18 heavy (non-hydrogen) atoms. The molecule has 0 N–H and O–H groups in total. The van der Waals surface area contributed by atoms with Gasteiger partial charge in [-0.25, -0.2) is 4.79 Å². The molecule has 96 valence electrons. The summed E-state index contributed by atoms with van der Waals surface area (Å²) in [5, 5.41) is 0. The smallest absolute Gasteiger partial charge is 0.333 e. The fraction of sp³-hybridized carbons (Fsp3) is 0.357. The lowest BCUT2D eigenvalue weighted by molar-refractivity contribution is -0.138. The van der Waals surface area contributed by atoms with Crippen LogP contribution in [0.3, 0.4) is 0 Å². The molecule has 0 amide bonds.